The quantitative estimate of drug-likeness (QED) is 0.769. The van der Waals surface area contributed by atoms with E-state index < -0.39 is 0 Å². The van der Waals surface area contributed by atoms with Gasteiger partial charge in [-0.15, -0.1) is 0 Å². The van der Waals surface area contributed by atoms with E-state index in [2.05, 4.69) is 25.6 Å². The third kappa shape index (κ3) is 2.98. The van der Waals surface area contributed by atoms with E-state index >= 15 is 0 Å². The summed E-state index contributed by atoms with van der Waals surface area (Å²) in [6.07, 6.45) is 3.07. The van der Waals surface area contributed by atoms with Crippen LogP contribution in [0.3, 0.4) is 0 Å². The van der Waals surface area contributed by atoms with Crippen molar-refractivity contribution < 1.29 is 4.79 Å². The summed E-state index contributed by atoms with van der Waals surface area (Å²) >= 11 is 0. The van der Waals surface area contributed by atoms with Crippen molar-refractivity contribution in [3.8, 4) is 0 Å². The van der Waals surface area contributed by atoms with Crippen LogP contribution in [0, 0.1) is 13.8 Å². The molecule has 2 heterocycles. The minimum absolute atomic E-state index is 0.0688. The topological polar surface area (TPSA) is 88.5 Å². The Morgan fingerprint density at radius 2 is 2.26 bits per heavy atom. The summed E-state index contributed by atoms with van der Waals surface area (Å²) in [5.41, 5.74) is 2.31. The molecule has 2 N–H and O–H groups in total. The Labute approximate surface area is 111 Å². The number of nitrogens with zero attached hydrogens (tertiary/aromatic N) is 4. The van der Waals surface area contributed by atoms with E-state index in [1.54, 1.807) is 4.68 Å². The van der Waals surface area contributed by atoms with Gasteiger partial charge < -0.3 is 5.32 Å². The summed E-state index contributed by atoms with van der Waals surface area (Å²) in [4.78, 5) is 16.1. The van der Waals surface area contributed by atoms with Gasteiger partial charge >= 0.3 is 0 Å². The van der Waals surface area contributed by atoms with Gasteiger partial charge in [0.2, 0.25) is 0 Å². The normalized spacial score (nSPS) is 10.7. The minimum Gasteiger partial charge on any atom is -0.352 e. The zero-order chi connectivity index (χ0) is 13.8. The van der Waals surface area contributed by atoms with E-state index in [9.17, 15) is 4.79 Å². The van der Waals surface area contributed by atoms with Crippen molar-refractivity contribution >= 4 is 5.91 Å². The van der Waals surface area contributed by atoms with Gasteiger partial charge in [-0.1, -0.05) is 0 Å². The molecule has 0 aliphatic heterocycles. The number of rotatable bonds is 5. The van der Waals surface area contributed by atoms with E-state index in [0.717, 1.165) is 30.1 Å². The smallest absolute Gasteiger partial charge is 0.255 e. The maximum absolute atomic E-state index is 12.1. The van der Waals surface area contributed by atoms with E-state index in [4.69, 9.17) is 0 Å². The van der Waals surface area contributed by atoms with E-state index in [1.165, 1.54) is 6.33 Å². The van der Waals surface area contributed by atoms with Crippen LogP contribution >= 0.6 is 0 Å². The number of hydrogen-bond donors (Lipinski definition) is 2. The molecule has 102 valence electrons. The van der Waals surface area contributed by atoms with Gasteiger partial charge in [-0.3, -0.25) is 14.6 Å². The molecule has 0 radical (unpaired) electrons. The Hall–Kier alpha value is -2.18. The highest BCUT2D eigenvalue weighted by Crippen LogP contribution is 2.11. The highest BCUT2D eigenvalue weighted by molar-refractivity contribution is 5.96. The molecule has 0 unspecified atom stereocenters. The van der Waals surface area contributed by atoms with Crippen molar-refractivity contribution in [1.82, 2.24) is 30.3 Å². The monoisotopic (exact) mass is 262 g/mol. The molecule has 0 saturated carbocycles. The van der Waals surface area contributed by atoms with E-state index in [1.807, 2.05) is 20.9 Å². The number of aromatic nitrogens is 5. The summed E-state index contributed by atoms with van der Waals surface area (Å²) in [6.45, 7) is 4.34. The number of carbonyl (C=O) groups excluding carboxylic acids is 1. The lowest BCUT2D eigenvalue weighted by atomic mass is 10.2. The van der Waals surface area contributed by atoms with Crippen molar-refractivity contribution in [1.29, 1.82) is 0 Å². The maximum atomic E-state index is 12.1. The molecule has 0 aliphatic rings. The van der Waals surface area contributed by atoms with Gasteiger partial charge in [0.1, 0.15) is 12.2 Å². The second-order valence-corrected chi connectivity index (χ2v) is 4.46. The highest BCUT2D eigenvalue weighted by atomic mass is 16.1. The number of H-pyrrole nitrogens is 1. The lowest BCUT2D eigenvalue weighted by Gasteiger charge is -2.04. The number of amides is 1. The number of aryl methyl sites for hydroxylation is 3. The van der Waals surface area contributed by atoms with Crippen LogP contribution in [0.1, 0.15) is 34.0 Å². The van der Waals surface area contributed by atoms with Crippen LogP contribution in [0.5, 0.6) is 0 Å². The second-order valence-electron chi connectivity index (χ2n) is 4.46. The van der Waals surface area contributed by atoms with Crippen LogP contribution in [0.2, 0.25) is 0 Å². The molecule has 2 aromatic heterocycles. The molecular formula is C12H18N6O. The Balaban J connectivity index is 1.84. The lowest BCUT2D eigenvalue weighted by Crippen LogP contribution is -2.26. The van der Waals surface area contributed by atoms with Crippen molar-refractivity contribution in [2.24, 2.45) is 7.05 Å². The van der Waals surface area contributed by atoms with Gasteiger partial charge in [0.05, 0.1) is 11.3 Å². The molecule has 0 aliphatic carbocycles. The highest BCUT2D eigenvalue weighted by Gasteiger charge is 2.16. The van der Waals surface area contributed by atoms with Crippen LogP contribution < -0.4 is 5.32 Å². The SMILES string of the molecule is Cc1nn(C)c(C)c1C(=O)NCCCc1ncn[nH]1. The predicted octanol–water partition coefficient (Wildman–Crippen LogP) is 0.518. The average molecular weight is 262 g/mol. The molecule has 0 spiro atoms. The lowest BCUT2D eigenvalue weighted by molar-refractivity contribution is 0.0952. The predicted molar refractivity (Wildman–Crippen MR) is 69.7 cm³/mol. The first-order valence-corrected chi connectivity index (χ1v) is 6.22. The van der Waals surface area contributed by atoms with Gasteiger partial charge in [-0.2, -0.15) is 10.2 Å². The molecule has 0 saturated heterocycles. The number of hydrogen-bond acceptors (Lipinski definition) is 4. The molecule has 2 rings (SSSR count). The average Bonchev–Trinajstić information content (AvgIpc) is 2.95. The molecule has 1 amide bonds. The molecule has 7 heteroatoms. The Bertz CT molecular complexity index is 557. The molecular weight excluding hydrogens is 244 g/mol. The van der Waals surface area contributed by atoms with Crippen LogP contribution in [-0.4, -0.2) is 37.4 Å². The molecule has 2 aromatic rings. The van der Waals surface area contributed by atoms with Gasteiger partial charge in [0.15, 0.2) is 0 Å². The Morgan fingerprint density at radius 3 is 2.84 bits per heavy atom. The fourth-order valence-corrected chi connectivity index (χ4v) is 2.00. The van der Waals surface area contributed by atoms with Crippen LogP contribution in [0.4, 0.5) is 0 Å². The molecule has 0 fully saturated rings. The largest absolute Gasteiger partial charge is 0.352 e. The Kier molecular flexibility index (Phi) is 3.94. The first-order chi connectivity index (χ1) is 9.09. The molecule has 0 bridgehead atoms. The van der Waals surface area contributed by atoms with Gasteiger partial charge in [-0.05, 0) is 20.3 Å². The molecule has 0 atom stereocenters. The summed E-state index contributed by atoms with van der Waals surface area (Å²) < 4.78 is 1.72. The molecule has 7 nitrogen and oxygen atoms in total. The molecule has 0 aromatic carbocycles. The summed E-state index contributed by atoms with van der Waals surface area (Å²) in [5.74, 6) is 0.767. The zero-order valence-corrected chi connectivity index (χ0v) is 11.4. The van der Waals surface area contributed by atoms with Crippen molar-refractivity contribution in [2.75, 3.05) is 6.54 Å². The van der Waals surface area contributed by atoms with Gasteiger partial charge in [0.25, 0.3) is 5.91 Å². The third-order valence-electron chi connectivity index (χ3n) is 3.08. The number of aromatic amines is 1. The van der Waals surface area contributed by atoms with Crippen LogP contribution in [0.15, 0.2) is 6.33 Å². The number of carbonyl (C=O) groups is 1. The fourth-order valence-electron chi connectivity index (χ4n) is 2.00. The van der Waals surface area contributed by atoms with Crippen LogP contribution in [-0.2, 0) is 13.5 Å². The third-order valence-corrected chi connectivity index (χ3v) is 3.08. The first kappa shape index (κ1) is 13.3. The fraction of sp³-hybridized carbons (Fsp3) is 0.500. The van der Waals surface area contributed by atoms with Gasteiger partial charge in [0, 0.05) is 25.7 Å². The summed E-state index contributed by atoms with van der Waals surface area (Å²) in [6, 6.07) is 0. The van der Waals surface area contributed by atoms with Crippen molar-refractivity contribution in [3.63, 3.8) is 0 Å². The first-order valence-electron chi connectivity index (χ1n) is 6.22. The van der Waals surface area contributed by atoms with Crippen LogP contribution in [0.25, 0.3) is 0 Å². The summed E-state index contributed by atoms with van der Waals surface area (Å²) in [7, 11) is 1.84. The Morgan fingerprint density at radius 1 is 1.47 bits per heavy atom. The van der Waals surface area contributed by atoms with Gasteiger partial charge in [-0.25, -0.2) is 4.98 Å². The minimum atomic E-state index is -0.0688. The maximum Gasteiger partial charge on any atom is 0.255 e. The molecule has 19 heavy (non-hydrogen) atoms. The van der Waals surface area contributed by atoms with E-state index in [-0.39, 0.29) is 5.91 Å². The second kappa shape index (κ2) is 5.64. The standard InChI is InChI=1S/C12H18N6O/c1-8-11(9(2)18(3)17-8)12(19)13-6-4-5-10-14-7-15-16-10/h7H,4-6H2,1-3H3,(H,13,19)(H,14,15,16). The zero-order valence-electron chi connectivity index (χ0n) is 11.4. The van der Waals surface area contributed by atoms with E-state index in [0.29, 0.717) is 12.1 Å². The van der Waals surface area contributed by atoms with Crippen molar-refractivity contribution in [2.45, 2.75) is 26.7 Å². The number of nitrogens with one attached hydrogen (secondary N) is 2. The van der Waals surface area contributed by atoms with Crippen molar-refractivity contribution in [3.05, 3.63) is 29.1 Å². The summed E-state index contributed by atoms with van der Waals surface area (Å²) in [5, 5.41) is 13.7.